The highest BCUT2D eigenvalue weighted by Gasteiger charge is 2.22. The van der Waals surface area contributed by atoms with E-state index in [1.54, 1.807) is 0 Å². The minimum absolute atomic E-state index is 0.243. The Morgan fingerprint density at radius 3 is 1.96 bits per heavy atom. The Hall–Kier alpha value is -1.36. The van der Waals surface area contributed by atoms with Crippen LogP contribution in [0.4, 0.5) is 0 Å². The number of carboxylic acids is 1. The molecule has 0 aliphatic rings. The number of carboxylic acid groups (broad SMARTS) is 1. The van der Waals surface area contributed by atoms with Gasteiger partial charge >= 0.3 is 5.97 Å². The van der Waals surface area contributed by atoms with Gasteiger partial charge in [-0.3, -0.25) is 4.79 Å². The molecule has 0 saturated heterocycles. The van der Waals surface area contributed by atoms with Crippen molar-refractivity contribution in [3.05, 3.63) is 12.2 Å². The summed E-state index contributed by atoms with van der Waals surface area (Å²) in [5, 5.41) is 10.8. The van der Waals surface area contributed by atoms with Crippen molar-refractivity contribution in [1.82, 2.24) is 0 Å². The zero-order valence-electron chi connectivity index (χ0n) is 18.7. The number of rotatable bonds is 18. The van der Waals surface area contributed by atoms with Crippen LogP contribution < -0.4 is 5.11 Å². The maximum absolute atomic E-state index is 12.0. The third-order valence-corrected chi connectivity index (χ3v) is 4.59. The molecule has 0 aromatic rings. The summed E-state index contributed by atoms with van der Waals surface area (Å²) in [4.78, 5) is 22.8. The third kappa shape index (κ3) is 19.4. The van der Waals surface area contributed by atoms with Gasteiger partial charge in [0.05, 0.1) is 21.1 Å². The van der Waals surface area contributed by atoms with Crippen LogP contribution in [0.5, 0.6) is 0 Å². The zero-order chi connectivity index (χ0) is 21.3. The molecule has 164 valence electrons. The Bertz CT molecular complexity index is 440. The molecule has 0 fully saturated rings. The molecule has 0 aliphatic heterocycles. The van der Waals surface area contributed by atoms with Gasteiger partial charge in [0.1, 0.15) is 6.54 Å². The molecule has 0 heterocycles. The number of quaternary nitrogens is 1. The highest BCUT2D eigenvalue weighted by Crippen LogP contribution is 2.11. The first-order valence-electron chi connectivity index (χ1n) is 11.1. The highest BCUT2D eigenvalue weighted by molar-refractivity contribution is 5.70. The quantitative estimate of drug-likeness (QED) is 0.152. The fraction of sp³-hybridized carbons (Fsp3) is 0.826. The van der Waals surface area contributed by atoms with Crippen LogP contribution in [-0.4, -0.2) is 50.2 Å². The molecule has 1 atom stereocenters. The van der Waals surface area contributed by atoms with E-state index in [9.17, 15) is 14.7 Å². The Morgan fingerprint density at radius 1 is 0.893 bits per heavy atom. The maximum Gasteiger partial charge on any atom is 0.306 e. The predicted octanol–water partition coefficient (Wildman–Crippen LogP) is 4.00. The number of carbonyl (C=O) groups is 2. The number of hydrogen-bond acceptors (Lipinski definition) is 4. The maximum atomic E-state index is 12.0. The molecule has 0 amide bonds. The first kappa shape index (κ1) is 26.6. The number of nitrogens with zero attached hydrogens (tertiary/aromatic N) is 1. The van der Waals surface area contributed by atoms with Gasteiger partial charge in [0.25, 0.3) is 0 Å². The molecule has 0 bridgehead atoms. The lowest BCUT2D eigenvalue weighted by atomic mass is 10.1. The molecule has 0 rings (SSSR count). The second-order valence-electron chi connectivity index (χ2n) is 8.79. The monoisotopic (exact) mass is 397 g/mol. The number of ether oxygens (including phenoxy) is 1. The van der Waals surface area contributed by atoms with E-state index < -0.39 is 12.1 Å². The van der Waals surface area contributed by atoms with Crippen LogP contribution in [0.15, 0.2) is 12.2 Å². The van der Waals surface area contributed by atoms with Crippen molar-refractivity contribution in [2.24, 2.45) is 0 Å². The average Bonchev–Trinajstić information content (AvgIpc) is 2.56. The largest absolute Gasteiger partial charge is 0.550 e. The molecule has 0 aromatic carbocycles. The first-order chi connectivity index (χ1) is 13.2. The molecule has 1 unspecified atom stereocenters. The predicted molar refractivity (Wildman–Crippen MR) is 113 cm³/mol. The summed E-state index contributed by atoms with van der Waals surface area (Å²) < 4.78 is 5.90. The molecule has 0 N–H and O–H groups in total. The van der Waals surface area contributed by atoms with Crippen LogP contribution in [-0.2, 0) is 14.3 Å². The summed E-state index contributed by atoms with van der Waals surface area (Å²) in [5.41, 5.74) is 0. The van der Waals surface area contributed by atoms with Gasteiger partial charge in [0.15, 0.2) is 6.10 Å². The SMILES string of the molecule is CCCCCCC=CCCCCCCCC(=O)OC(CC(=O)[O-])C[N+](C)(C)C. The first-order valence-corrected chi connectivity index (χ1v) is 11.1. The van der Waals surface area contributed by atoms with Gasteiger partial charge in [-0.2, -0.15) is 0 Å². The van der Waals surface area contributed by atoms with Crippen molar-refractivity contribution >= 4 is 11.9 Å². The minimum atomic E-state index is -1.18. The van der Waals surface area contributed by atoms with Gasteiger partial charge in [0.2, 0.25) is 0 Å². The Balaban J connectivity index is 3.72. The molecule has 0 aromatic heterocycles. The van der Waals surface area contributed by atoms with Crippen LogP contribution in [0.3, 0.4) is 0 Å². The second-order valence-corrected chi connectivity index (χ2v) is 8.79. The topological polar surface area (TPSA) is 66.4 Å². The number of esters is 1. The molecule has 0 radical (unpaired) electrons. The van der Waals surface area contributed by atoms with E-state index in [1.807, 2.05) is 21.1 Å². The van der Waals surface area contributed by atoms with Gasteiger partial charge in [-0.25, -0.2) is 0 Å². The zero-order valence-corrected chi connectivity index (χ0v) is 18.7. The number of hydrogen-bond donors (Lipinski definition) is 0. The smallest absolute Gasteiger partial charge is 0.306 e. The molecular formula is C23H43NO4. The standard InChI is InChI=1S/C23H43NO4/c1-5-6-7-8-9-10-11-12-13-14-15-16-17-18-23(27)28-21(19-22(25)26)20-24(2,3)4/h10-11,21H,5-9,12-20H2,1-4H3. The van der Waals surface area contributed by atoms with E-state index in [0.29, 0.717) is 17.4 Å². The normalized spacial score (nSPS) is 13.0. The number of aliphatic carboxylic acids is 1. The van der Waals surface area contributed by atoms with Gasteiger partial charge < -0.3 is 19.1 Å². The van der Waals surface area contributed by atoms with Crippen molar-refractivity contribution in [2.45, 2.75) is 96.5 Å². The summed E-state index contributed by atoms with van der Waals surface area (Å²) in [6.07, 6.45) is 17.1. The van der Waals surface area contributed by atoms with Crippen molar-refractivity contribution < 1.29 is 23.9 Å². The number of unbranched alkanes of at least 4 members (excludes halogenated alkanes) is 9. The number of likely N-dealkylation sites (N-methyl/N-ethyl adjacent to an activating group) is 1. The molecule has 5 heteroatoms. The number of allylic oxidation sites excluding steroid dienone is 2. The second kappa shape index (κ2) is 16.6. The molecular weight excluding hydrogens is 354 g/mol. The summed E-state index contributed by atoms with van der Waals surface area (Å²) in [6, 6.07) is 0. The fourth-order valence-electron chi connectivity index (χ4n) is 3.17. The van der Waals surface area contributed by atoms with Crippen molar-refractivity contribution in [1.29, 1.82) is 0 Å². The van der Waals surface area contributed by atoms with Gasteiger partial charge in [-0.15, -0.1) is 0 Å². The minimum Gasteiger partial charge on any atom is -0.550 e. The van der Waals surface area contributed by atoms with Crippen LogP contribution >= 0.6 is 0 Å². The van der Waals surface area contributed by atoms with Crippen LogP contribution in [0, 0.1) is 0 Å². The highest BCUT2D eigenvalue weighted by atomic mass is 16.5. The van der Waals surface area contributed by atoms with E-state index >= 15 is 0 Å². The lowest BCUT2D eigenvalue weighted by molar-refractivity contribution is -0.873. The van der Waals surface area contributed by atoms with Crippen LogP contribution in [0.25, 0.3) is 0 Å². The van der Waals surface area contributed by atoms with Crippen LogP contribution in [0.2, 0.25) is 0 Å². The van der Waals surface area contributed by atoms with Crippen molar-refractivity contribution in [3.8, 4) is 0 Å². The van der Waals surface area contributed by atoms with Gasteiger partial charge in [-0.05, 0) is 32.1 Å². The van der Waals surface area contributed by atoms with Crippen LogP contribution in [0.1, 0.15) is 90.4 Å². The fourth-order valence-corrected chi connectivity index (χ4v) is 3.17. The van der Waals surface area contributed by atoms with E-state index in [2.05, 4.69) is 19.1 Å². The van der Waals surface area contributed by atoms with E-state index in [4.69, 9.17) is 4.74 Å². The molecule has 28 heavy (non-hydrogen) atoms. The van der Waals surface area contributed by atoms with Gasteiger partial charge in [-0.1, -0.05) is 57.6 Å². The van der Waals surface area contributed by atoms with E-state index in [-0.39, 0.29) is 12.4 Å². The molecule has 0 spiro atoms. The van der Waals surface area contributed by atoms with Gasteiger partial charge in [0, 0.05) is 18.8 Å². The summed E-state index contributed by atoms with van der Waals surface area (Å²) >= 11 is 0. The van der Waals surface area contributed by atoms with E-state index in [1.165, 1.54) is 44.9 Å². The van der Waals surface area contributed by atoms with E-state index in [0.717, 1.165) is 25.7 Å². The van der Waals surface area contributed by atoms with Crippen molar-refractivity contribution in [3.63, 3.8) is 0 Å². The molecule has 0 saturated carbocycles. The lowest BCUT2D eigenvalue weighted by Crippen LogP contribution is -2.45. The molecule has 5 nitrogen and oxygen atoms in total. The Kier molecular flexibility index (Phi) is 15.8. The van der Waals surface area contributed by atoms with Crippen molar-refractivity contribution in [2.75, 3.05) is 27.7 Å². The summed E-state index contributed by atoms with van der Waals surface area (Å²) in [6.45, 7) is 2.70. The molecule has 0 aliphatic carbocycles. The third-order valence-electron chi connectivity index (χ3n) is 4.59. The Morgan fingerprint density at radius 2 is 1.43 bits per heavy atom. The lowest BCUT2D eigenvalue weighted by Gasteiger charge is -2.29. The average molecular weight is 398 g/mol. The summed E-state index contributed by atoms with van der Waals surface area (Å²) in [5.74, 6) is -1.48. The summed E-state index contributed by atoms with van der Waals surface area (Å²) in [7, 11) is 5.83. The Labute approximate surface area is 172 Å². The number of carbonyl (C=O) groups excluding carboxylic acids is 2.